The highest BCUT2D eigenvalue weighted by Gasteiger charge is 2.56. The average Bonchev–Trinajstić information content (AvgIpc) is 3.14. The van der Waals surface area contributed by atoms with Gasteiger partial charge in [-0.1, -0.05) is 5.16 Å². The van der Waals surface area contributed by atoms with Crippen molar-refractivity contribution in [1.29, 1.82) is 0 Å². The first-order valence-electron chi connectivity index (χ1n) is 11.4. The summed E-state index contributed by atoms with van der Waals surface area (Å²) in [6.45, 7) is 2.74. The number of oxime groups is 1. The number of nitrogens with zero attached hydrogens (tertiary/aromatic N) is 3. The highest BCUT2D eigenvalue weighted by molar-refractivity contribution is 5.97. The van der Waals surface area contributed by atoms with Crippen molar-refractivity contribution in [1.82, 2.24) is 14.8 Å². The number of aliphatic hydroxyl groups is 1. The second kappa shape index (κ2) is 8.19. The summed E-state index contributed by atoms with van der Waals surface area (Å²) in [4.78, 5) is 46.1. The third kappa shape index (κ3) is 3.76. The minimum atomic E-state index is -1.49. The van der Waals surface area contributed by atoms with Gasteiger partial charge in [-0.3, -0.25) is 14.4 Å². The van der Waals surface area contributed by atoms with E-state index in [4.69, 9.17) is 4.84 Å². The molecule has 1 aromatic carbocycles. The van der Waals surface area contributed by atoms with E-state index in [0.717, 1.165) is 11.8 Å². The number of amides is 2. The number of hydrogen-bond acceptors (Lipinski definition) is 6. The van der Waals surface area contributed by atoms with Crippen LogP contribution in [0.4, 0.5) is 13.2 Å². The molecular weight excluding hydrogens is 481 g/mol. The Morgan fingerprint density at radius 1 is 1.22 bits per heavy atom. The van der Waals surface area contributed by atoms with Crippen LogP contribution in [0.3, 0.4) is 0 Å². The number of aromatic nitrogens is 1. The molecule has 2 amide bonds. The lowest BCUT2D eigenvalue weighted by atomic mass is 9.84. The molecule has 4 heterocycles. The molecule has 1 fully saturated rings. The summed E-state index contributed by atoms with van der Waals surface area (Å²) in [5.41, 5.74) is -3.42. The Labute approximate surface area is 203 Å². The maximum absolute atomic E-state index is 14.0. The van der Waals surface area contributed by atoms with Gasteiger partial charge in [-0.2, -0.15) is 0 Å². The summed E-state index contributed by atoms with van der Waals surface area (Å²) in [5, 5.41) is 17.4. The number of carbonyl (C=O) groups excluding carboxylic acids is 2. The quantitative estimate of drug-likeness (QED) is 0.666. The van der Waals surface area contributed by atoms with E-state index in [1.165, 1.54) is 22.6 Å². The van der Waals surface area contributed by atoms with E-state index < -0.39 is 64.2 Å². The molecule has 2 aromatic rings. The minimum Gasteiger partial charge on any atom is -0.387 e. The zero-order chi connectivity index (χ0) is 26.0. The molecule has 1 saturated heterocycles. The molecule has 3 atom stereocenters. The van der Waals surface area contributed by atoms with E-state index in [0.29, 0.717) is 25.0 Å². The third-order valence-electron chi connectivity index (χ3n) is 7.16. The van der Waals surface area contributed by atoms with Crippen LogP contribution in [0.2, 0.25) is 0 Å². The molecule has 5 rings (SSSR count). The summed E-state index contributed by atoms with van der Waals surface area (Å²) in [6, 6.07) is 1.40. The minimum absolute atomic E-state index is 0.0295. The molecule has 3 aliphatic heterocycles. The zero-order valence-corrected chi connectivity index (χ0v) is 19.5. The Hall–Kier alpha value is -3.67. The van der Waals surface area contributed by atoms with Crippen molar-refractivity contribution in [2.24, 2.45) is 5.16 Å². The van der Waals surface area contributed by atoms with Gasteiger partial charge in [0.1, 0.15) is 34.4 Å². The Balaban J connectivity index is 1.52. The van der Waals surface area contributed by atoms with Crippen LogP contribution in [0.5, 0.6) is 0 Å². The number of halogens is 3. The molecule has 9 nitrogen and oxygen atoms in total. The van der Waals surface area contributed by atoms with Crippen molar-refractivity contribution >= 4 is 17.5 Å². The standard InChI is InChI=1S/C24H23F3N4O5/c1-12-8-24(36-29-12)4-3-23(2,35)31-11-20(24)30-10-15(19(32)7-18(30)22(31)34)21(33)28-9-14-16(26)5-13(25)6-17(14)27/h5-7,10,20,35H,3-4,8-9,11H2,1-2H3,(H,28,33). The van der Waals surface area contributed by atoms with E-state index in [-0.39, 0.29) is 24.2 Å². The fourth-order valence-electron chi connectivity index (χ4n) is 5.20. The fourth-order valence-corrected chi connectivity index (χ4v) is 5.20. The second-order valence-corrected chi connectivity index (χ2v) is 9.68. The van der Waals surface area contributed by atoms with Gasteiger partial charge in [-0.05, 0) is 26.7 Å². The van der Waals surface area contributed by atoms with Gasteiger partial charge in [0.15, 0.2) is 11.0 Å². The molecule has 2 bridgehead atoms. The normalized spacial score (nSPS) is 26.8. The molecular formula is C24H23F3N4O5. The molecule has 0 saturated carbocycles. The fraction of sp³-hybridized carbons (Fsp3) is 0.417. The Bertz CT molecular complexity index is 1370. The molecule has 190 valence electrons. The highest BCUT2D eigenvalue weighted by atomic mass is 19.1. The molecule has 0 aliphatic carbocycles. The van der Waals surface area contributed by atoms with Crippen molar-refractivity contribution in [2.45, 2.75) is 57.0 Å². The van der Waals surface area contributed by atoms with Crippen LogP contribution in [0.15, 0.2) is 34.3 Å². The van der Waals surface area contributed by atoms with E-state index in [2.05, 4.69) is 10.5 Å². The SMILES string of the molecule is CC1=NOC2(CCC(C)(O)N3CC2n2cc(C(=O)NCc4c(F)cc(F)cc4F)c(=O)cc2C3=O)C1. The van der Waals surface area contributed by atoms with Crippen LogP contribution in [-0.2, 0) is 11.4 Å². The van der Waals surface area contributed by atoms with Crippen molar-refractivity contribution < 1.29 is 32.7 Å². The van der Waals surface area contributed by atoms with Crippen LogP contribution in [0.1, 0.15) is 65.6 Å². The van der Waals surface area contributed by atoms with Gasteiger partial charge < -0.3 is 24.7 Å². The number of pyridine rings is 1. The molecule has 36 heavy (non-hydrogen) atoms. The van der Waals surface area contributed by atoms with E-state index in [9.17, 15) is 32.7 Å². The first-order chi connectivity index (χ1) is 16.9. The van der Waals surface area contributed by atoms with Crippen LogP contribution < -0.4 is 10.7 Å². The van der Waals surface area contributed by atoms with Gasteiger partial charge in [0, 0.05) is 49.5 Å². The molecule has 0 radical (unpaired) electrons. The summed E-state index contributed by atoms with van der Waals surface area (Å²) >= 11 is 0. The first-order valence-corrected chi connectivity index (χ1v) is 11.4. The summed E-state index contributed by atoms with van der Waals surface area (Å²) in [5.74, 6) is -4.97. The van der Waals surface area contributed by atoms with Crippen LogP contribution in [0, 0.1) is 17.5 Å². The van der Waals surface area contributed by atoms with Gasteiger partial charge in [0.05, 0.1) is 11.8 Å². The van der Waals surface area contributed by atoms with Gasteiger partial charge in [-0.25, -0.2) is 13.2 Å². The number of benzene rings is 1. The van der Waals surface area contributed by atoms with Crippen molar-refractivity contribution in [3.8, 4) is 0 Å². The summed E-state index contributed by atoms with van der Waals surface area (Å²) in [7, 11) is 0. The molecule has 3 unspecified atom stereocenters. The Kier molecular flexibility index (Phi) is 5.47. The largest absolute Gasteiger partial charge is 0.387 e. The predicted octanol–water partition coefficient (Wildman–Crippen LogP) is 2.23. The van der Waals surface area contributed by atoms with Crippen LogP contribution in [-0.4, -0.2) is 50.0 Å². The molecule has 2 N–H and O–H groups in total. The smallest absolute Gasteiger partial charge is 0.272 e. The molecule has 1 spiro atoms. The Morgan fingerprint density at radius 2 is 1.92 bits per heavy atom. The average molecular weight is 504 g/mol. The lowest BCUT2D eigenvalue weighted by Crippen LogP contribution is -2.56. The van der Waals surface area contributed by atoms with Gasteiger partial charge >= 0.3 is 0 Å². The molecule has 3 aliphatic rings. The first kappa shape index (κ1) is 24.0. The third-order valence-corrected chi connectivity index (χ3v) is 7.16. The van der Waals surface area contributed by atoms with Crippen molar-refractivity contribution in [2.75, 3.05) is 6.54 Å². The van der Waals surface area contributed by atoms with E-state index in [1.807, 2.05) is 0 Å². The molecule has 12 heteroatoms. The Morgan fingerprint density at radius 3 is 2.56 bits per heavy atom. The maximum atomic E-state index is 14.0. The van der Waals surface area contributed by atoms with Crippen LogP contribution in [0.25, 0.3) is 0 Å². The zero-order valence-electron chi connectivity index (χ0n) is 19.5. The lowest BCUT2D eigenvalue weighted by Gasteiger charge is -2.43. The summed E-state index contributed by atoms with van der Waals surface area (Å²) in [6.07, 6.45) is 2.21. The van der Waals surface area contributed by atoms with Gasteiger partial charge in [0.25, 0.3) is 11.8 Å². The predicted molar refractivity (Wildman–Crippen MR) is 120 cm³/mol. The highest BCUT2D eigenvalue weighted by Crippen LogP contribution is 2.47. The summed E-state index contributed by atoms with van der Waals surface area (Å²) < 4.78 is 42.6. The van der Waals surface area contributed by atoms with Gasteiger partial charge in [0.2, 0.25) is 0 Å². The number of fused-ring (bicyclic) bond motifs is 5. The van der Waals surface area contributed by atoms with Crippen LogP contribution >= 0.6 is 0 Å². The lowest BCUT2D eigenvalue weighted by molar-refractivity contribution is -0.0800. The number of hydrogen-bond donors (Lipinski definition) is 2. The number of carbonyl (C=O) groups is 2. The maximum Gasteiger partial charge on any atom is 0.272 e. The van der Waals surface area contributed by atoms with Gasteiger partial charge in [-0.15, -0.1) is 0 Å². The van der Waals surface area contributed by atoms with Crippen molar-refractivity contribution in [3.05, 3.63) is 68.9 Å². The van der Waals surface area contributed by atoms with E-state index >= 15 is 0 Å². The monoisotopic (exact) mass is 504 g/mol. The van der Waals surface area contributed by atoms with Crippen molar-refractivity contribution in [3.63, 3.8) is 0 Å². The topological polar surface area (TPSA) is 113 Å². The molecule has 1 aromatic heterocycles. The number of nitrogens with one attached hydrogen (secondary N) is 1. The van der Waals surface area contributed by atoms with E-state index in [1.54, 1.807) is 6.92 Å². The number of rotatable bonds is 3. The second-order valence-electron chi connectivity index (χ2n) is 9.68.